The molecule has 19 heavy (non-hydrogen) atoms. The third-order valence-corrected chi connectivity index (χ3v) is 3.32. The topological polar surface area (TPSA) is 72.0 Å². The van der Waals surface area contributed by atoms with Gasteiger partial charge in [0.05, 0.1) is 5.84 Å². The summed E-state index contributed by atoms with van der Waals surface area (Å²) in [6.45, 7) is 5.52. The maximum Gasteiger partial charge on any atom is 0.0963 e. The highest BCUT2D eigenvalue weighted by Gasteiger charge is 2.20. The number of rotatable bonds is 9. The Morgan fingerprint density at radius 3 is 2.53 bits per heavy atom. The van der Waals surface area contributed by atoms with E-state index in [2.05, 4.69) is 4.98 Å². The fraction of sp³-hybridized carbons (Fsp3) is 0.600. The smallest absolute Gasteiger partial charge is 0.0963 e. The molecule has 1 aromatic heterocycles. The van der Waals surface area contributed by atoms with Crippen molar-refractivity contribution in [3.8, 4) is 0 Å². The first-order valence-corrected chi connectivity index (χ1v) is 6.83. The van der Waals surface area contributed by atoms with Gasteiger partial charge in [-0.1, -0.05) is 13.8 Å². The molecule has 1 rings (SSSR count). The molecule has 0 amide bonds. The number of hydrogen-bond donors (Lipinski definition) is 2. The van der Waals surface area contributed by atoms with Crippen LogP contribution in [-0.4, -0.2) is 24.0 Å². The zero-order chi connectivity index (χ0) is 14.1. The SMILES string of the molecule is CC(C)(CCCOCCCc1ccncc1)C(=N)N. The van der Waals surface area contributed by atoms with Crippen LogP contribution in [0.1, 0.15) is 38.7 Å². The van der Waals surface area contributed by atoms with Crippen LogP contribution in [0.3, 0.4) is 0 Å². The van der Waals surface area contributed by atoms with Gasteiger partial charge in [0.1, 0.15) is 0 Å². The minimum atomic E-state index is -0.208. The van der Waals surface area contributed by atoms with Gasteiger partial charge in [0, 0.05) is 31.0 Å². The van der Waals surface area contributed by atoms with Crippen LogP contribution in [0.15, 0.2) is 24.5 Å². The molecule has 0 saturated heterocycles. The summed E-state index contributed by atoms with van der Waals surface area (Å²) in [6, 6.07) is 4.07. The third kappa shape index (κ3) is 6.34. The van der Waals surface area contributed by atoms with E-state index in [9.17, 15) is 0 Å². The minimum Gasteiger partial charge on any atom is -0.387 e. The lowest BCUT2D eigenvalue weighted by Gasteiger charge is -2.22. The van der Waals surface area contributed by atoms with Gasteiger partial charge in [0.25, 0.3) is 0 Å². The van der Waals surface area contributed by atoms with Crippen LogP contribution in [0.2, 0.25) is 0 Å². The van der Waals surface area contributed by atoms with Gasteiger partial charge in [-0.15, -0.1) is 0 Å². The molecule has 0 atom stereocenters. The summed E-state index contributed by atoms with van der Waals surface area (Å²) < 4.78 is 5.60. The summed E-state index contributed by atoms with van der Waals surface area (Å²) in [5.74, 6) is 0.255. The highest BCUT2D eigenvalue weighted by Crippen LogP contribution is 2.21. The summed E-state index contributed by atoms with van der Waals surface area (Å²) >= 11 is 0. The predicted molar refractivity (Wildman–Crippen MR) is 78.3 cm³/mol. The summed E-state index contributed by atoms with van der Waals surface area (Å²) in [5.41, 5.74) is 6.63. The third-order valence-electron chi connectivity index (χ3n) is 3.32. The molecule has 0 fully saturated rings. The second kappa shape index (κ2) is 7.89. The Bertz CT molecular complexity index is 376. The molecule has 106 valence electrons. The Labute approximate surface area is 115 Å². The summed E-state index contributed by atoms with van der Waals surface area (Å²) in [5, 5.41) is 7.47. The van der Waals surface area contributed by atoms with E-state index in [0.717, 1.165) is 38.9 Å². The molecule has 0 aliphatic heterocycles. The van der Waals surface area contributed by atoms with Gasteiger partial charge >= 0.3 is 0 Å². The van der Waals surface area contributed by atoms with Crippen molar-refractivity contribution in [3.05, 3.63) is 30.1 Å². The van der Waals surface area contributed by atoms with E-state index in [0.29, 0.717) is 0 Å². The molecule has 4 nitrogen and oxygen atoms in total. The number of aromatic nitrogens is 1. The molecular weight excluding hydrogens is 238 g/mol. The van der Waals surface area contributed by atoms with Crippen LogP contribution in [0.25, 0.3) is 0 Å². The van der Waals surface area contributed by atoms with Gasteiger partial charge in [-0.25, -0.2) is 0 Å². The Kier molecular flexibility index (Phi) is 6.50. The quantitative estimate of drug-likeness (QED) is 0.409. The molecular formula is C15H25N3O. The number of hydrogen-bond acceptors (Lipinski definition) is 3. The van der Waals surface area contributed by atoms with E-state index in [1.165, 1.54) is 5.56 Å². The number of ether oxygens (including phenoxy) is 1. The molecule has 0 spiro atoms. The average Bonchev–Trinajstić information content (AvgIpc) is 2.38. The summed E-state index contributed by atoms with van der Waals surface area (Å²) in [7, 11) is 0. The normalized spacial score (nSPS) is 11.5. The number of nitrogens with one attached hydrogen (secondary N) is 1. The van der Waals surface area contributed by atoms with E-state index in [1.807, 2.05) is 38.4 Å². The molecule has 0 bridgehead atoms. The Morgan fingerprint density at radius 2 is 1.89 bits per heavy atom. The van der Waals surface area contributed by atoms with Gasteiger partial charge in [0.2, 0.25) is 0 Å². The summed E-state index contributed by atoms with van der Waals surface area (Å²) in [6.07, 6.45) is 7.54. The molecule has 1 aromatic rings. The molecule has 0 aliphatic rings. The number of aryl methyl sites for hydroxylation is 1. The van der Waals surface area contributed by atoms with Crippen LogP contribution < -0.4 is 5.73 Å². The zero-order valence-corrected chi connectivity index (χ0v) is 12.0. The standard InChI is InChI=1S/C15H25N3O/c1-15(2,14(16)17)8-4-12-19-11-3-5-13-6-9-18-10-7-13/h6-7,9-10H,3-5,8,11-12H2,1-2H3,(H3,16,17). The molecule has 0 aliphatic carbocycles. The zero-order valence-electron chi connectivity index (χ0n) is 12.0. The van der Waals surface area contributed by atoms with Crippen molar-refractivity contribution < 1.29 is 4.74 Å². The maximum atomic E-state index is 7.47. The first-order chi connectivity index (χ1) is 9.02. The number of nitrogens with zero attached hydrogens (tertiary/aromatic N) is 1. The van der Waals surface area contributed by atoms with Crippen LogP contribution in [0.5, 0.6) is 0 Å². The van der Waals surface area contributed by atoms with Gasteiger partial charge < -0.3 is 10.5 Å². The van der Waals surface area contributed by atoms with Gasteiger partial charge in [-0.2, -0.15) is 0 Å². The predicted octanol–water partition coefficient (Wildman–Crippen LogP) is 2.77. The Morgan fingerprint density at radius 1 is 1.26 bits per heavy atom. The van der Waals surface area contributed by atoms with Gasteiger partial charge in [0.15, 0.2) is 0 Å². The highest BCUT2D eigenvalue weighted by molar-refractivity contribution is 5.82. The average molecular weight is 263 g/mol. The van der Waals surface area contributed by atoms with Crippen molar-refractivity contribution in [1.82, 2.24) is 4.98 Å². The lowest BCUT2D eigenvalue weighted by molar-refractivity contribution is 0.123. The molecule has 0 unspecified atom stereocenters. The van der Waals surface area contributed by atoms with Crippen LogP contribution in [0.4, 0.5) is 0 Å². The monoisotopic (exact) mass is 263 g/mol. The molecule has 1 heterocycles. The lowest BCUT2D eigenvalue weighted by atomic mass is 9.87. The summed E-state index contributed by atoms with van der Waals surface area (Å²) in [4.78, 5) is 3.99. The number of amidine groups is 1. The van der Waals surface area contributed by atoms with Crippen molar-refractivity contribution in [3.63, 3.8) is 0 Å². The lowest BCUT2D eigenvalue weighted by Crippen LogP contribution is -2.31. The first-order valence-electron chi connectivity index (χ1n) is 6.83. The second-order valence-corrected chi connectivity index (χ2v) is 5.47. The Balaban J connectivity index is 2.02. The van der Waals surface area contributed by atoms with Gasteiger partial charge in [-0.3, -0.25) is 10.4 Å². The van der Waals surface area contributed by atoms with E-state index in [4.69, 9.17) is 15.9 Å². The largest absolute Gasteiger partial charge is 0.387 e. The highest BCUT2D eigenvalue weighted by atomic mass is 16.5. The van der Waals surface area contributed by atoms with E-state index < -0.39 is 0 Å². The molecule has 0 saturated carbocycles. The van der Waals surface area contributed by atoms with Crippen molar-refractivity contribution >= 4 is 5.84 Å². The van der Waals surface area contributed by atoms with Crippen molar-refractivity contribution in [1.29, 1.82) is 5.41 Å². The molecule has 3 N–H and O–H groups in total. The number of nitrogens with two attached hydrogens (primary N) is 1. The van der Waals surface area contributed by atoms with Crippen LogP contribution in [-0.2, 0) is 11.2 Å². The van der Waals surface area contributed by atoms with Crippen LogP contribution >= 0.6 is 0 Å². The maximum absolute atomic E-state index is 7.47. The fourth-order valence-corrected chi connectivity index (χ4v) is 1.78. The van der Waals surface area contributed by atoms with Crippen molar-refractivity contribution in [2.75, 3.05) is 13.2 Å². The van der Waals surface area contributed by atoms with E-state index in [-0.39, 0.29) is 11.3 Å². The number of pyridine rings is 1. The van der Waals surface area contributed by atoms with Crippen molar-refractivity contribution in [2.24, 2.45) is 11.1 Å². The fourth-order valence-electron chi connectivity index (χ4n) is 1.78. The van der Waals surface area contributed by atoms with Crippen molar-refractivity contribution in [2.45, 2.75) is 39.5 Å². The van der Waals surface area contributed by atoms with Gasteiger partial charge in [-0.05, 0) is 43.4 Å². The van der Waals surface area contributed by atoms with E-state index in [1.54, 1.807) is 0 Å². The molecule has 4 heteroatoms. The minimum absolute atomic E-state index is 0.208. The molecule has 0 radical (unpaired) electrons. The first kappa shape index (κ1) is 15.6. The van der Waals surface area contributed by atoms with Crippen LogP contribution in [0, 0.1) is 10.8 Å². The Hall–Kier alpha value is -1.42. The second-order valence-electron chi connectivity index (χ2n) is 5.47. The van der Waals surface area contributed by atoms with E-state index >= 15 is 0 Å². The molecule has 0 aromatic carbocycles.